The summed E-state index contributed by atoms with van der Waals surface area (Å²) in [7, 11) is 1.60. The van der Waals surface area contributed by atoms with E-state index in [1.807, 2.05) is 6.07 Å². The summed E-state index contributed by atoms with van der Waals surface area (Å²) in [6.07, 6.45) is 2.66. The molecule has 0 aliphatic rings. The van der Waals surface area contributed by atoms with Crippen LogP contribution in [-0.4, -0.2) is 23.9 Å². The van der Waals surface area contributed by atoms with Crippen molar-refractivity contribution in [2.75, 3.05) is 18.6 Å². The maximum absolute atomic E-state index is 11.2. The van der Waals surface area contributed by atoms with E-state index in [0.717, 1.165) is 23.5 Å². The van der Waals surface area contributed by atoms with Gasteiger partial charge in [0.05, 0.1) is 13.0 Å². The highest BCUT2D eigenvalue weighted by Gasteiger charge is 2.17. The van der Waals surface area contributed by atoms with Crippen molar-refractivity contribution in [3.8, 4) is 5.75 Å². The molecule has 0 aliphatic heterocycles. The van der Waals surface area contributed by atoms with Crippen LogP contribution < -0.4 is 10.5 Å². The molecule has 0 bridgehead atoms. The average Bonchev–Trinajstić information content (AvgIpc) is 2.40. The van der Waals surface area contributed by atoms with Crippen LogP contribution in [0.3, 0.4) is 0 Å². The largest absolute Gasteiger partial charge is 0.497 e. The molecule has 1 atom stereocenters. The van der Waals surface area contributed by atoms with Gasteiger partial charge >= 0.3 is 5.97 Å². The zero-order chi connectivity index (χ0) is 14.3. The molecular formula is C14H21NO3S. The molecule has 0 radical (unpaired) electrons. The van der Waals surface area contributed by atoms with E-state index in [4.69, 9.17) is 10.5 Å². The Hall–Kier alpha value is -1.36. The molecule has 0 aromatic heterocycles. The van der Waals surface area contributed by atoms with Gasteiger partial charge in [0.2, 0.25) is 0 Å². The number of carboxylic acids is 1. The fraction of sp³-hybridized carbons (Fsp3) is 0.500. The van der Waals surface area contributed by atoms with Crippen LogP contribution in [0.2, 0.25) is 0 Å². The molecule has 19 heavy (non-hydrogen) atoms. The summed E-state index contributed by atoms with van der Waals surface area (Å²) in [6, 6.07) is 5.42. The molecule has 1 aromatic carbocycles. The number of nitrogen functional groups attached to an aromatic ring is 1. The summed E-state index contributed by atoms with van der Waals surface area (Å²) in [5.41, 5.74) is 6.54. The summed E-state index contributed by atoms with van der Waals surface area (Å²) in [4.78, 5) is 12.0. The van der Waals surface area contributed by atoms with Crippen LogP contribution in [0.25, 0.3) is 0 Å². The Kier molecular flexibility index (Phi) is 6.56. The lowest BCUT2D eigenvalue weighted by Gasteiger charge is -2.13. The standard InChI is InChI=1S/C14H21NO3S/c1-3-4-5-10(14(16)17)9-19-13-8-11(18-2)6-7-12(13)15/h6-8,10H,3-5,9,15H2,1-2H3,(H,16,17). The molecule has 106 valence electrons. The quantitative estimate of drug-likeness (QED) is 0.566. The van der Waals surface area contributed by atoms with E-state index in [0.29, 0.717) is 17.9 Å². The number of hydrogen-bond donors (Lipinski definition) is 2. The molecule has 4 nitrogen and oxygen atoms in total. The zero-order valence-electron chi connectivity index (χ0n) is 11.4. The minimum absolute atomic E-state index is 0.324. The predicted molar refractivity (Wildman–Crippen MR) is 78.8 cm³/mol. The van der Waals surface area contributed by atoms with Crippen LogP contribution in [0.4, 0.5) is 5.69 Å². The number of anilines is 1. The smallest absolute Gasteiger partial charge is 0.307 e. The van der Waals surface area contributed by atoms with Gasteiger partial charge in [-0.3, -0.25) is 4.79 Å². The van der Waals surface area contributed by atoms with Crippen molar-refractivity contribution < 1.29 is 14.6 Å². The van der Waals surface area contributed by atoms with Crippen LogP contribution in [0.1, 0.15) is 26.2 Å². The molecule has 5 heteroatoms. The SMILES string of the molecule is CCCCC(CSc1cc(OC)ccc1N)C(=O)O. The molecule has 1 unspecified atom stereocenters. The third-order valence-electron chi connectivity index (χ3n) is 2.92. The number of ether oxygens (including phenoxy) is 1. The normalized spacial score (nSPS) is 12.1. The fourth-order valence-corrected chi connectivity index (χ4v) is 2.81. The number of methoxy groups -OCH3 is 1. The lowest BCUT2D eigenvalue weighted by molar-refractivity contribution is -0.141. The lowest BCUT2D eigenvalue weighted by Crippen LogP contribution is -2.16. The molecule has 0 spiro atoms. The van der Waals surface area contributed by atoms with Crippen LogP contribution in [0.15, 0.2) is 23.1 Å². The van der Waals surface area contributed by atoms with E-state index in [1.54, 1.807) is 19.2 Å². The highest BCUT2D eigenvalue weighted by molar-refractivity contribution is 7.99. The van der Waals surface area contributed by atoms with E-state index >= 15 is 0 Å². The van der Waals surface area contributed by atoms with Crippen molar-refractivity contribution in [2.24, 2.45) is 5.92 Å². The van der Waals surface area contributed by atoms with Crippen molar-refractivity contribution in [1.29, 1.82) is 0 Å². The first-order chi connectivity index (χ1) is 9.08. The van der Waals surface area contributed by atoms with E-state index in [9.17, 15) is 9.90 Å². The molecule has 0 saturated carbocycles. The zero-order valence-corrected chi connectivity index (χ0v) is 12.2. The van der Waals surface area contributed by atoms with Crippen LogP contribution >= 0.6 is 11.8 Å². The van der Waals surface area contributed by atoms with Gasteiger partial charge in [-0.2, -0.15) is 0 Å². The Morgan fingerprint density at radius 1 is 1.53 bits per heavy atom. The first kappa shape index (κ1) is 15.7. The summed E-state index contributed by atoms with van der Waals surface area (Å²) < 4.78 is 5.14. The first-order valence-electron chi connectivity index (χ1n) is 6.37. The maximum atomic E-state index is 11.2. The number of aliphatic carboxylic acids is 1. The van der Waals surface area contributed by atoms with E-state index < -0.39 is 5.97 Å². The van der Waals surface area contributed by atoms with Gasteiger partial charge in [-0.1, -0.05) is 19.8 Å². The maximum Gasteiger partial charge on any atom is 0.307 e. The van der Waals surface area contributed by atoms with Crippen molar-refractivity contribution in [2.45, 2.75) is 31.1 Å². The van der Waals surface area contributed by atoms with Crippen LogP contribution in [0, 0.1) is 5.92 Å². The van der Waals surface area contributed by atoms with Gasteiger partial charge in [0.15, 0.2) is 0 Å². The number of nitrogens with two attached hydrogens (primary N) is 1. The number of unbranched alkanes of at least 4 members (excludes halogenated alkanes) is 1. The topological polar surface area (TPSA) is 72.5 Å². The minimum atomic E-state index is -0.734. The van der Waals surface area contributed by atoms with E-state index in [1.165, 1.54) is 11.8 Å². The van der Waals surface area contributed by atoms with Crippen LogP contribution in [0.5, 0.6) is 5.75 Å². The van der Waals surface area contributed by atoms with Gasteiger partial charge in [0.25, 0.3) is 0 Å². The van der Waals surface area contributed by atoms with Gasteiger partial charge in [0.1, 0.15) is 5.75 Å². The number of hydrogen-bond acceptors (Lipinski definition) is 4. The molecule has 1 aromatic rings. The van der Waals surface area contributed by atoms with Gasteiger partial charge in [0, 0.05) is 16.3 Å². The third-order valence-corrected chi connectivity index (χ3v) is 4.15. The van der Waals surface area contributed by atoms with Crippen LogP contribution in [-0.2, 0) is 4.79 Å². The second-order valence-corrected chi connectivity index (χ2v) is 5.45. The number of carbonyl (C=O) groups is 1. The van der Waals surface area contributed by atoms with E-state index in [2.05, 4.69) is 6.92 Å². The summed E-state index contributed by atoms with van der Waals surface area (Å²) >= 11 is 1.48. The van der Waals surface area contributed by atoms with Crippen molar-refractivity contribution in [3.05, 3.63) is 18.2 Å². The Balaban J connectivity index is 2.65. The average molecular weight is 283 g/mol. The van der Waals surface area contributed by atoms with Crippen molar-refractivity contribution in [3.63, 3.8) is 0 Å². The lowest BCUT2D eigenvalue weighted by atomic mass is 10.1. The summed E-state index contributed by atoms with van der Waals surface area (Å²) in [6.45, 7) is 2.06. The number of thioether (sulfide) groups is 1. The Labute approximate surface area is 118 Å². The summed E-state index contributed by atoms with van der Waals surface area (Å²) in [5, 5.41) is 9.18. The number of rotatable bonds is 8. The minimum Gasteiger partial charge on any atom is -0.497 e. The predicted octanol–water partition coefficient (Wildman–Crippen LogP) is 3.26. The molecule has 0 saturated heterocycles. The highest BCUT2D eigenvalue weighted by atomic mass is 32.2. The van der Waals surface area contributed by atoms with Gasteiger partial charge in [-0.05, 0) is 24.6 Å². The van der Waals surface area contributed by atoms with Gasteiger partial charge in [-0.25, -0.2) is 0 Å². The van der Waals surface area contributed by atoms with Crippen molar-refractivity contribution in [1.82, 2.24) is 0 Å². The number of carboxylic acid groups (broad SMARTS) is 1. The number of benzene rings is 1. The Morgan fingerprint density at radius 3 is 2.84 bits per heavy atom. The molecule has 0 fully saturated rings. The molecule has 0 aliphatic carbocycles. The van der Waals surface area contributed by atoms with Crippen molar-refractivity contribution >= 4 is 23.4 Å². The molecular weight excluding hydrogens is 262 g/mol. The monoisotopic (exact) mass is 283 g/mol. The van der Waals surface area contributed by atoms with Gasteiger partial charge < -0.3 is 15.6 Å². The highest BCUT2D eigenvalue weighted by Crippen LogP contribution is 2.31. The van der Waals surface area contributed by atoms with E-state index in [-0.39, 0.29) is 5.92 Å². The summed E-state index contributed by atoms with van der Waals surface area (Å²) in [5.74, 6) is 0.210. The second kappa shape index (κ2) is 7.94. The second-order valence-electron chi connectivity index (χ2n) is 4.39. The Morgan fingerprint density at radius 2 is 2.26 bits per heavy atom. The van der Waals surface area contributed by atoms with Gasteiger partial charge in [-0.15, -0.1) is 11.8 Å². The molecule has 0 heterocycles. The first-order valence-corrected chi connectivity index (χ1v) is 7.36. The molecule has 1 rings (SSSR count). The molecule has 0 amide bonds. The molecule has 3 N–H and O–H groups in total. The Bertz CT molecular complexity index is 423. The third kappa shape index (κ3) is 5.03. The fourth-order valence-electron chi connectivity index (χ4n) is 1.69.